The van der Waals surface area contributed by atoms with Gasteiger partial charge in [-0.25, -0.2) is 8.42 Å². The molecule has 0 bridgehead atoms. The average Bonchev–Trinajstić information content (AvgIpc) is 2.30. The van der Waals surface area contributed by atoms with Crippen molar-refractivity contribution in [3.63, 3.8) is 0 Å². The fourth-order valence-electron chi connectivity index (χ4n) is 1.67. The summed E-state index contributed by atoms with van der Waals surface area (Å²) < 4.78 is 28.1. The van der Waals surface area contributed by atoms with E-state index < -0.39 is 9.05 Å². The summed E-state index contributed by atoms with van der Waals surface area (Å²) in [6, 6.07) is 4.66. The molecule has 0 unspecified atom stereocenters. The van der Waals surface area contributed by atoms with Crippen LogP contribution in [0.2, 0.25) is 0 Å². The second kappa shape index (κ2) is 6.43. The van der Waals surface area contributed by atoms with E-state index >= 15 is 0 Å². The maximum absolute atomic E-state index is 11.2. The highest BCUT2D eigenvalue weighted by Gasteiger charge is 2.12. The fraction of sp³-hybridized carbons (Fsp3) is 0.538. The summed E-state index contributed by atoms with van der Waals surface area (Å²) >= 11 is 0. The van der Waals surface area contributed by atoms with E-state index in [0.717, 1.165) is 18.4 Å². The summed E-state index contributed by atoms with van der Waals surface area (Å²) in [5, 5.41) is 0. The van der Waals surface area contributed by atoms with E-state index in [9.17, 15) is 8.42 Å². The van der Waals surface area contributed by atoms with Crippen molar-refractivity contribution < 1.29 is 13.2 Å². The fourth-order valence-corrected chi connectivity index (χ4v) is 2.50. The Bertz CT molecular complexity index is 493. The van der Waals surface area contributed by atoms with Crippen molar-refractivity contribution in [3.05, 3.63) is 23.8 Å². The van der Waals surface area contributed by atoms with Gasteiger partial charge in [0.15, 0.2) is 0 Å². The molecule has 1 rings (SSSR count). The Morgan fingerprint density at radius 3 is 2.33 bits per heavy atom. The van der Waals surface area contributed by atoms with E-state index in [1.807, 2.05) is 6.92 Å². The van der Waals surface area contributed by atoms with Gasteiger partial charge in [-0.15, -0.1) is 0 Å². The monoisotopic (exact) mass is 290 g/mol. The van der Waals surface area contributed by atoms with Crippen LogP contribution in [0.15, 0.2) is 23.1 Å². The van der Waals surface area contributed by atoms with Gasteiger partial charge in [0.2, 0.25) is 0 Å². The molecule has 1 aromatic rings. The van der Waals surface area contributed by atoms with Crippen molar-refractivity contribution in [2.24, 2.45) is 5.92 Å². The summed E-state index contributed by atoms with van der Waals surface area (Å²) in [5.74, 6) is 1.24. The number of rotatable bonds is 6. The molecule has 0 N–H and O–H groups in total. The number of halogens is 1. The molecule has 0 aliphatic carbocycles. The molecule has 0 spiro atoms. The summed E-state index contributed by atoms with van der Waals surface area (Å²) in [6.07, 6.45) is 2.15. The van der Waals surface area contributed by atoms with Crippen LogP contribution in [0.1, 0.15) is 32.3 Å². The lowest BCUT2D eigenvalue weighted by molar-refractivity contribution is 0.239. The Kier molecular flexibility index (Phi) is 5.47. The van der Waals surface area contributed by atoms with Crippen LogP contribution in [0.3, 0.4) is 0 Å². The molecule has 18 heavy (non-hydrogen) atoms. The van der Waals surface area contributed by atoms with E-state index in [1.54, 1.807) is 6.07 Å². The minimum absolute atomic E-state index is 0.108. The highest BCUT2D eigenvalue weighted by atomic mass is 35.7. The van der Waals surface area contributed by atoms with Crippen LogP contribution >= 0.6 is 10.7 Å². The third kappa shape index (κ3) is 4.18. The molecular formula is C13H19ClO3S. The quantitative estimate of drug-likeness (QED) is 0.750. The predicted octanol–water partition coefficient (Wildman–Crippen LogP) is 3.74. The molecule has 0 aromatic heterocycles. The van der Waals surface area contributed by atoms with E-state index in [2.05, 4.69) is 13.8 Å². The molecule has 0 saturated carbocycles. The second-order valence-corrected chi connectivity index (χ2v) is 6.92. The molecule has 102 valence electrons. The third-order valence-corrected chi connectivity index (χ3v) is 4.41. The lowest BCUT2D eigenvalue weighted by atomic mass is 10.1. The van der Waals surface area contributed by atoms with Gasteiger partial charge in [-0.1, -0.05) is 26.7 Å². The van der Waals surface area contributed by atoms with Crippen LogP contribution in [0, 0.1) is 12.8 Å². The lowest BCUT2D eigenvalue weighted by Gasteiger charge is -2.15. The van der Waals surface area contributed by atoms with Crippen LogP contribution in [0.5, 0.6) is 5.75 Å². The first-order chi connectivity index (χ1) is 8.38. The summed E-state index contributed by atoms with van der Waals surface area (Å²) in [4.78, 5) is 0.108. The maximum Gasteiger partial charge on any atom is 0.261 e. The van der Waals surface area contributed by atoms with Gasteiger partial charge in [0.05, 0.1) is 11.5 Å². The number of benzene rings is 1. The molecule has 3 nitrogen and oxygen atoms in total. The SMILES string of the molecule is CCC(CC)COc1ccc(S(=O)(=O)Cl)cc1C. The zero-order chi connectivity index (χ0) is 13.8. The van der Waals surface area contributed by atoms with Crippen molar-refractivity contribution in [1.29, 1.82) is 0 Å². The number of hydrogen-bond donors (Lipinski definition) is 0. The van der Waals surface area contributed by atoms with Crippen molar-refractivity contribution in [3.8, 4) is 5.75 Å². The van der Waals surface area contributed by atoms with E-state index in [4.69, 9.17) is 15.4 Å². The van der Waals surface area contributed by atoms with Crippen molar-refractivity contribution >= 4 is 19.7 Å². The molecule has 5 heteroatoms. The van der Waals surface area contributed by atoms with Crippen LogP contribution in [0.4, 0.5) is 0 Å². The van der Waals surface area contributed by atoms with Gasteiger partial charge >= 0.3 is 0 Å². The molecule has 0 radical (unpaired) electrons. The third-order valence-electron chi connectivity index (χ3n) is 3.06. The van der Waals surface area contributed by atoms with Crippen LogP contribution < -0.4 is 4.74 Å². The first-order valence-corrected chi connectivity index (χ1v) is 8.37. The Morgan fingerprint density at radius 1 is 1.28 bits per heavy atom. The predicted molar refractivity (Wildman–Crippen MR) is 73.8 cm³/mol. The highest BCUT2D eigenvalue weighted by Crippen LogP contribution is 2.24. The van der Waals surface area contributed by atoms with Gasteiger partial charge in [0, 0.05) is 10.7 Å². The molecular weight excluding hydrogens is 272 g/mol. The second-order valence-electron chi connectivity index (χ2n) is 4.36. The zero-order valence-corrected chi connectivity index (χ0v) is 12.5. The molecule has 0 fully saturated rings. The van der Waals surface area contributed by atoms with Gasteiger partial charge in [0.1, 0.15) is 5.75 Å². The maximum atomic E-state index is 11.2. The van der Waals surface area contributed by atoms with Crippen LogP contribution in [-0.4, -0.2) is 15.0 Å². The Labute approximate surface area is 114 Å². The first-order valence-electron chi connectivity index (χ1n) is 6.06. The van der Waals surface area contributed by atoms with Gasteiger partial charge in [0.25, 0.3) is 9.05 Å². The molecule has 0 heterocycles. The summed E-state index contributed by atoms with van der Waals surface area (Å²) in [6.45, 7) is 6.73. The normalized spacial score (nSPS) is 11.8. The topological polar surface area (TPSA) is 43.4 Å². The van der Waals surface area contributed by atoms with E-state index in [1.165, 1.54) is 12.1 Å². The number of hydrogen-bond acceptors (Lipinski definition) is 3. The summed E-state index contributed by atoms with van der Waals surface area (Å²) in [5.41, 5.74) is 0.780. The minimum Gasteiger partial charge on any atom is -0.493 e. The van der Waals surface area contributed by atoms with Crippen molar-refractivity contribution in [1.82, 2.24) is 0 Å². The Hall–Kier alpha value is -0.740. The molecule has 1 aromatic carbocycles. The molecule has 0 aliphatic heterocycles. The standard InChI is InChI=1S/C13H19ClO3S/c1-4-11(5-2)9-17-13-7-6-12(8-10(13)3)18(14,15)16/h6-8,11H,4-5,9H2,1-3H3. The highest BCUT2D eigenvalue weighted by molar-refractivity contribution is 8.13. The first kappa shape index (κ1) is 15.3. The largest absolute Gasteiger partial charge is 0.493 e. The van der Waals surface area contributed by atoms with E-state index in [-0.39, 0.29) is 4.90 Å². The van der Waals surface area contributed by atoms with Gasteiger partial charge in [-0.05, 0) is 36.6 Å². The van der Waals surface area contributed by atoms with E-state index in [0.29, 0.717) is 18.3 Å². The molecule has 0 atom stereocenters. The Morgan fingerprint density at radius 2 is 1.89 bits per heavy atom. The number of ether oxygens (including phenoxy) is 1. The van der Waals surface area contributed by atoms with Gasteiger partial charge in [-0.2, -0.15) is 0 Å². The minimum atomic E-state index is -3.67. The average molecular weight is 291 g/mol. The Balaban J connectivity index is 2.81. The van der Waals surface area contributed by atoms with Gasteiger partial charge in [-0.3, -0.25) is 0 Å². The molecule has 0 amide bonds. The van der Waals surface area contributed by atoms with Crippen LogP contribution in [-0.2, 0) is 9.05 Å². The smallest absolute Gasteiger partial charge is 0.261 e. The zero-order valence-electron chi connectivity index (χ0n) is 10.9. The van der Waals surface area contributed by atoms with Crippen LogP contribution in [0.25, 0.3) is 0 Å². The van der Waals surface area contributed by atoms with Gasteiger partial charge < -0.3 is 4.74 Å². The molecule has 0 saturated heterocycles. The molecule has 0 aliphatic rings. The van der Waals surface area contributed by atoms with Crippen molar-refractivity contribution in [2.75, 3.05) is 6.61 Å². The lowest BCUT2D eigenvalue weighted by Crippen LogP contribution is -2.10. The van der Waals surface area contributed by atoms with Crippen molar-refractivity contribution in [2.45, 2.75) is 38.5 Å². The number of aryl methyl sites for hydroxylation is 1. The summed E-state index contributed by atoms with van der Waals surface area (Å²) in [7, 11) is 1.62.